The number of piperidine rings is 1. The number of hydrogen-bond donors (Lipinski definition) is 1. The predicted molar refractivity (Wildman–Crippen MR) is 92.5 cm³/mol. The Morgan fingerprint density at radius 2 is 2.00 bits per heavy atom. The maximum atomic E-state index is 12.8. The second-order valence-corrected chi connectivity index (χ2v) is 8.25. The summed E-state index contributed by atoms with van der Waals surface area (Å²) in [5.74, 6) is 0.269. The summed E-state index contributed by atoms with van der Waals surface area (Å²) in [5, 5.41) is 2.73. The van der Waals surface area contributed by atoms with Crippen LogP contribution in [0.15, 0.2) is 23.1 Å². The number of benzene rings is 1. The first kappa shape index (κ1) is 18.9. The van der Waals surface area contributed by atoms with Gasteiger partial charge in [0.2, 0.25) is 10.0 Å². The van der Waals surface area contributed by atoms with E-state index in [1.807, 2.05) is 0 Å². The summed E-state index contributed by atoms with van der Waals surface area (Å²) in [4.78, 5) is 12.4. The SMILES string of the molecule is COCCNC(=O)c1cc(S(=O)(=O)N2CCC(C)CC2)ccc1C. The molecule has 0 radical (unpaired) electrons. The van der Waals surface area contributed by atoms with Gasteiger partial charge in [0.1, 0.15) is 0 Å². The minimum absolute atomic E-state index is 0.180. The first-order chi connectivity index (χ1) is 11.4. The van der Waals surface area contributed by atoms with Crippen LogP contribution in [0.25, 0.3) is 0 Å². The van der Waals surface area contributed by atoms with Gasteiger partial charge in [-0.15, -0.1) is 0 Å². The molecule has 7 heteroatoms. The molecule has 0 saturated carbocycles. The lowest BCUT2D eigenvalue weighted by Crippen LogP contribution is -2.38. The third-order valence-electron chi connectivity index (χ3n) is 4.43. The average Bonchev–Trinajstić information content (AvgIpc) is 2.55. The van der Waals surface area contributed by atoms with Gasteiger partial charge in [0.05, 0.1) is 11.5 Å². The van der Waals surface area contributed by atoms with Gasteiger partial charge in [0.25, 0.3) is 5.91 Å². The van der Waals surface area contributed by atoms with Crippen LogP contribution >= 0.6 is 0 Å². The Kier molecular flexibility index (Phi) is 6.37. The molecule has 1 aliphatic heterocycles. The van der Waals surface area contributed by atoms with Gasteiger partial charge in [-0.1, -0.05) is 13.0 Å². The molecule has 1 amide bonds. The molecule has 6 nitrogen and oxygen atoms in total. The van der Waals surface area contributed by atoms with Crippen LogP contribution in [0.1, 0.15) is 35.7 Å². The lowest BCUT2D eigenvalue weighted by Gasteiger charge is -2.29. The van der Waals surface area contributed by atoms with Crippen molar-refractivity contribution in [2.24, 2.45) is 5.92 Å². The highest BCUT2D eigenvalue weighted by Gasteiger charge is 2.28. The molecular weight excluding hydrogens is 328 g/mol. The second kappa shape index (κ2) is 8.09. The molecule has 0 spiro atoms. The highest BCUT2D eigenvalue weighted by molar-refractivity contribution is 7.89. The van der Waals surface area contributed by atoms with Gasteiger partial charge in [-0.05, 0) is 43.4 Å². The Hall–Kier alpha value is -1.44. The number of nitrogens with zero attached hydrogens (tertiary/aromatic N) is 1. The van der Waals surface area contributed by atoms with Gasteiger partial charge in [-0.3, -0.25) is 4.79 Å². The van der Waals surface area contributed by atoms with Gasteiger partial charge >= 0.3 is 0 Å². The van der Waals surface area contributed by atoms with Crippen LogP contribution in [0.5, 0.6) is 0 Å². The number of aryl methyl sites for hydroxylation is 1. The number of sulfonamides is 1. The quantitative estimate of drug-likeness (QED) is 0.790. The summed E-state index contributed by atoms with van der Waals surface area (Å²) in [6, 6.07) is 4.74. The van der Waals surface area contributed by atoms with Crippen molar-refractivity contribution in [3.05, 3.63) is 29.3 Å². The molecule has 1 aliphatic rings. The van der Waals surface area contributed by atoms with Gasteiger partial charge in [0.15, 0.2) is 0 Å². The smallest absolute Gasteiger partial charge is 0.251 e. The van der Waals surface area contributed by atoms with E-state index >= 15 is 0 Å². The van der Waals surface area contributed by atoms with E-state index in [0.29, 0.717) is 37.7 Å². The first-order valence-corrected chi connectivity index (χ1v) is 9.68. The molecule has 0 unspecified atom stereocenters. The van der Waals surface area contributed by atoms with Gasteiger partial charge in [-0.2, -0.15) is 4.31 Å². The van der Waals surface area contributed by atoms with Crippen molar-refractivity contribution in [1.82, 2.24) is 9.62 Å². The fourth-order valence-corrected chi connectivity index (χ4v) is 4.24. The largest absolute Gasteiger partial charge is 0.383 e. The fourth-order valence-electron chi connectivity index (χ4n) is 2.74. The van der Waals surface area contributed by atoms with Crippen molar-refractivity contribution in [1.29, 1.82) is 0 Å². The zero-order chi connectivity index (χ0) is 17.7. The van der Waals surface area contributed by atoms with Gasteiger partial charge in [-0.25, -0.2) is 8.42 Å². The van der Waals surface area contributed by atoms with Gasteiger partial charge in [0, 0.05) is 32.3 Å². The highest BCUT2D eigenvalue weighted by Crippen LogP contribution is 2.24. The molecule has 0 aliphatic carbocycles. The van der Waals surface area contributed by atoms with E-state index in [9.17, 15) is 13.2 Å². The number of hydrogen-bond acceptors (Lipinski definition) is 4. The minimum Gasteiger partial charge on any atom is -0.383 e. The van der Waals surface area contributed by atoms with Crippen LogP contribution < -0.4 is 5.32 Å². The Bertz CT molecular complexity index is 680. The highest BCUT2D eigenvalue weighted by atomic mass is 32.2. The number of carbonyl (C=O) groups excluding carboxylic acids is 1. The maximum Gasteiger partial charge on any atom is 0.251 e. The molecule has 1 N–H and O–H groups in total. The minimum atomic E-state index is -3.55. The van der Waals surface area contributed by atoms with Crippen LogP contribution in [0, 0.1) is 12.8 Å². The van der Waals surface area contributed by atoms with E-state index in [-0.39, 0.29) is 10.8 Å². The van der Waals surface area contributed by atoms with E-state index in [1.165, 1.54) is 10.4 Å². The van der Waals surface area contributed by atoms with Crippen molar-refractivity contribution in [2.45, 2.75) is 31.6 Å². The molecule has 0 atom stereocenters. The van der Waals surface area contributed by atoms with Crippen molar-refractivity contribution in [3.8, 4) is 0 Å². The Labute approximate surface area is 144 Å². The summed E-state index contributed by atoms with van der Waals surface area (Å²) < 4.78 is 32.1. The number of carbonyl (C=O) groups is 1. The zero-order valence-electron chi connectivity index (χ0n) is 14.5. The van der Waals surface area contributed by atoms with Crippen LogP contribution in [0.2, 0.25) is 0 Å². The molecule has 1 aromatic rings. The van der Waals surface area contributed by atoms with E-state index in [4.69, 9.17) is 4.74 Å². The molecule has 1 saturated heterocycles. The molecule has 134 valence electrons. The van der Waals surface area contributed by atoms with Crippen molar-refractivity contribution in [2.75, 3.05) is 33.4 Å². The normalized spacial score (nSPS) is 17.0. The predicted octanol–water partition coefficient (Wildman–Crippen LogP) is 1.79. The van der Waals surface area contributed by atoms with E-state index < -0.39 is 10.0 Å². The molecule has 0 bridgehead atoms. The fraction of sp³-hybridized carbons (Fsp3) is 0.588. The molecule has 1 heterocycles. The van der Waals surface area contributed by atoms with Gasteiger partial charge < -0.3 is 10.1 Å². The van der Waals surface area contributed by atoms with E-state index in [2.05, 4.69) is 12.2 Å². The molecule has 0 aromatic heterocycles. The number of rotatable bonds is 6. The number of nitrogens with one attached hydrogen (secondary N) is 1. The maximum absolute atomic E-state index is 12.8. The molecule has 24 heavy (non-hydrogen) atoms. The van der Waals surface area contributed by atoms with Crippen molar-refractivity contribution in [3.63, 3.8) is 0 Å². The summed E-state index contributed by atoms with van der Waals surface area (Å²) in [6.45, 7) is 5.80. The monoisotopic (exact) mass is 354 g/mol. The Morgan fingerprint density at radius 1 is 1.33 bits per heavy atom. The lowest BCUT2D eigenvalue weighted by atomic mass is 10.0. The number of amides is 1. The summed E-state index contributed by atoms with van der Waals surface area (Å²) in [5.41, 5.74) is 1.13. The van der Waals surface area contributed by atoms with Crippen molar-refractivity contribution < 1.29 is 17.9 Å². The summed E-state index contributed by atoms with van der Waals surface area (Å²) in [6.07, 6.45) is 1.74. The lowest BCUT2D eigenvalue weighted by molar-refractivity contribution is 0.0936. The van der Waals surface area contributed by atoms with E-state index in [1.54, 1.807) is 26.2 Å². The molecular formula is C17H26N2O4S. The Morgan fingerprint density at radius 3 is 2.62 bits per heavy atom. The molecule has 2 rings (SSSR count). The average molecular weight is 354 g/mol. The third-order valence-corrected chi connectivity index (χ3v) is 6.32. The van der Waals surface area contributed by atoms with Crippen molar-refractivity contribution >= 4 is 15.9 Å². The standard InChI is InChI=1S/C17H26N2O4S/c1-13-6-9-19(10-7-13)24(21,22)15-5-4-14(2)16(12-15)17(20)18-8-11-23-3/h4-5,12-13H,6-11H2,1-3H3,(H,18,20). The van der Waals surface area contributed by atoms with Crippen LogP contribution in [0.4, 0.5) is 0 Å². The van der Waals surface area contributed by atoms with Crippen LogP contribution in [-0.2, 0) is 14.8 Å². The Balaban J connectivity index is 2.21. The van der Waals surface area contributed by atoms with E-state index in [0.717, 1.165) is 18.4 Å². The van der Waals surface area contributed by atoms with Crippen LogP contribution in [-0.4, -0.2) is 52.0 Å². The number of ether oxygens (including phenoxy) is 1. The molecule has 1 aromatic carbocycles. The summed E-state index contributed by atoms with van der Waals surface area (Å²) >= 11 is 0. The first-order valence-electron chi connectivity index (χ1n) is 8.24. The second-order valence-electron chi connectivity index (χ2n) is 6.31. The molecule has 1 fully saturated rings. The van der Waals surface area contributed by atoms with Crippen LogP contribution in [0.3, 0.4) is 0 Å². The number of methoxy groups -OCH3 is 1. The topological polar surface area (TPSA) is 75.7 Å². The third kappa shape index (κ3) is 4.34. The zero-order valence-corrected chi connectivity index (χ0v) is 15.4. The summed E-state index contributed by atoms with van der Waals surface area (Å²) in [7, 11) is -2.00.